The molecule has 6 nitrogen and oxygen atoms in total. The third kappa shape index (κ3) is 4.39. The minimum atomic E-state index is -0.844. The van der Waals surface area contributed by atoms with Crippen LogP contribution in [-0.4, -0.2) is 35.0 Å². The van der Waals surface area contributed by atoms with E-state index in [9.17, 15) is 14.4 Å². The highest BCUT2D eigenvalue weighted by Crippen LogP contribution is 2.26. The molecule has 3 atom stereocenters. The van der Waals surface area contributed by atoms with E-state index in [1.807, 2.05) is 0 Å². The van der Waals surface area contributed by atoms with E-state index in [-0.39, 0.29) is 27.6 Å². The Bertz CT molecular complexity index is 665. The molecule has 0 bridgehead atoms. The van der Waals surface area contributed by atoms with Gasteiger partial charge in [0.1, 0.15) is 6.04 Å². The maximum absolute atomic E-state index is 12.2. The summed E-state index contributed by atoms with van der Waals surface area (Å²) in [5, 5.41) is 14.7. The first-order chi connectivity index (χ1) is 11.3. The zero-order valence-corrected chi connectivity index (χ0v) is 14.5. The van der Waals surface area contributed by atoms with E-state index in [1.54, 1.807) is 19.1 Å². The van der Waals surface area contributed by atoms with Crippen LogP contribution in [0, 0.1) is 5.92 Å². The number of carbonyl (C=O) groups excluding carboxylic acids is 2. The molecule has 1 aromatic rings. The molecule has 1 aromatic carbocycles. The van der Waals surface area contributed by atoms with Gasteiger partial charge in [-0.3, -0.25) is 14.4 Å². The van der Waals surface area contributed by atoms with E-state index in [1.165, 1.54) is 6.07 Å². The number of carbonyl (C=O) groups is 3. The van der Waals surface area contributed by atoms with E-state index in [2.05, 4.69) is 10.6 Å². The Morgan fingerprint density at radius 2 is 1.96 bits per heavy atom. The van der Waals surface area contributed by atoms with Crippen molar-refractivity contribution in [3.63, 3.8) is 0 Å². The fraction of sp³-hybridized carbons (Fsp3) is 0.438. The number of hydrogen-bond donors (Lipinski definition) is 3. The highest BCUT2D eigenvalue weighted by atomic mass is 35.5. The highest BCUT2D eigenvalue weighted by molar-refractivity contribution is 6.43. The average molecular weight is 373 g/mol. The molecule has 8 heteroatoms. The lowest BCUT2D eigenvalue weighted by Gasteiger charge is -2.18. The van der Waals surface area contributed by atoms with Crippen LogP contribution in [0.15, 0.2) is 18.2 Å². The number of rotatable bonds is 5. The largest absolute Gasteiger partial charge is 0.481 e. The van der Waals surface area contributed by atoms with Gasteiger partial charge in [0, 0.05) is 6.04 Å². The summed E-state index contributed by atoms with van der Waals surface area (Å²) >= 11 is 11.9. The van der Waals surface area contributed by atoms with E-state index < -0.39 is 23.8 Å². The molecule has 1 fully saturated rings. The topological polar surface area (TPSA) is 95.5 Å². The van der Waals surface area contributed by atoms with Gasteiger partial charge in [0.15, 0.2) is 0 Å². The first kappa shape index (κ1) is 18.5. The first-order valence-electron chi connectivity index (χ1n) is 7.57. The number of carboxylic acids is 1. The summed E-state index contributed by atoms with van der Waals surface area (Å²) < 4.78 is 0. The molecule has 0 spiro atoms. The monoisotopic (exact) mass is 372 g/mol. The maximum atomic E-state index is 12.2. The predicted molar refractivity (Wildman–Crippen MR) is 90.3 cm³/mol. The van der Waals surface area contributed by atoms with Crippen LogP contribution in [0.3, 0.4) is 0 Å². The van der Waals surface area contributed by atoms with Crippen LogP contribution in [0.1, 0.15) is 36.5 Å². The van der Waals surface area contributed by atoms with Crippen LogP contribution < -0.4 is 10.6 Å². The van der Waals surface area contributed by atoms with Crippen molar-refractivity contribution in [3.8, 4) is 0 Å². The van der Waals surface area contributed by atoms with Crippen molar-refractivity contribution in [2.24, 2.45) is 5.92 Å². The molecule has 1 unspecified atom stereocenters. The summed E-state index contributed by atoms with van der Waals surface area (Å²) in [6, 6.07) is 3.71. The standard InChI is InChI=1S/C16H18Cl2N2O4/c1-8(14(21)20-10-6-5-9(7-10)16(23)24)19-15(22)11-3-2-4-12(17)13(11)18/h2-4,8-10H,5-7H2,1H3,(H,19,22)(H,20,21)(H,23,24)/t8?,9-,10+/m1/s1. The van der Waals surface area contributed by atoms with Gasteiger partial charge in [0.2, 0.25) is 5.91 Å². The second kappa shape index (κ2) is 7.85. The van der Waals surface area contributed by atoms with Gasteiger partial charge in [-0.05, 0) is 38.3 Å². The Kier molecular flexibility index (Phi) is 6.07. The number of benzene rings is 1. The molecule has 1 saturated carbocycles. The lowest BCUT2D eigenvalue weighted by atomic mass is 10.1. The lowest BCUT2D eigenvalue weighted by molar-refractivity contribution is -0.141. The average Bonchev–Trinajstić information content (AvgIpc) is 2.98. The van der Waals surface area contributed by atoms with E-state index in [0.29, 0.717) is 19.3 Å². The second-order valence-corrected chi connectivity index (χ2v) is 6.64. The Labute approximate surface area is 149 Å². The second-order valence-electron chi connectivity index (χ2n) is 5.85. The highest BCUT2D eigenvalue weighted by Gasteiger charge is 2.31. The number of halogens is 2. The smallest absolute Gasteiger partial charge is 0.306 e. The summed E-state index contributed by atoms with van der Waals surface area (Å²) in [5.74, 6) is -2.13. The molecule has 0 aliphatic heterocycles. The number of amides is 2. The molecule has 1 aliphatic rings. The molecule has 1 aliphatic carbocycles. The van der Waals surface area contributed by atoms with Crippen LogP contribution in [0.25, 0.3) is 0 Å². The van der Waals surface area contributed by atoms with Crippen molar-refractivity contribution in [1.82, 2.24) is 10.6 Å². The van der Waals surface area contributed by atoms with Gasteiger partial charge in [-0.25, -0.2) is 0 Å². The zero-order valence-electron chi connectivity index (χ0n) is 13.0. The van der Waals surface area contributed by atoms with Gasteiger partial charge >= 0.3 is 5.97 Å². The van der Waals surface area contributed by atoms with Crippen molar-refractivity contribution in [1.29, 1.82) is 0 Å². The molecule has 3 N–H and O–H groups in total. The normalized spacial score (nSPS) is 21.1. The Morgan fingerprint density at radius 1 is 1.25 bits per heavy atom. The molecule has 2 amide bonds. The summed E-state index contributed by atoms with van der Waals surface area (Å²) in [7, 11) is 0. The van der Waals surface area contributed by atoms with Crippen molar-refractivity contribution in [2.45, 2.75) is 38.3 Å². The molecular weight excluding hydrogens is 355 g/mol. The third-order valence-electron chi connectivity index (χ3n) is 4.07. The van der Waals surface area contributed by atoms with Gasteiger partial charge in [-0.1, -0.05) is 29.3 Å². The summed E-state index contributed by atoms with van der Waals surface area (Å²) in [6.45, 7) is 1.55. The van der Waals surface area contributed by atoms with Gasteiger partial charge < -0.3 is 15.7 Å². The maximum Gasteiger partial charge on any atom is 0.306 e. The molecule has 0 saturated heterocycles. The SMILES string of the molecule is CC(NC(=O)c1cccc(Cl)c1Cl)C(=O)N[C@H]1CC[C@@H](C(=O)O)C1. The Morgan fingerprint density at radius 3 is 2.58 bits per heavy atom. The minimum Gasteiger partial charge on any atom is -0.481 e. The molecule has 130 valence electrons. The lowest BCUT2D eigenvalue weighted by Crippen LogP contribution is -2.47. The number of hydrogen-bond acceptors (Lipinski definition) is 3. The Balaban J connectivity index is 1.91. The van der Waals surface area contributed by atoms with Gasteiger partial charge in [0.25, 0.3) is 5.91 Å². The van der Waals surface area contributed by atoms with Crippen LogP contribution >= 0.6 is 23.2 Å². The molecular formula is C16H18Cl2N2O4. The molecule has 0 aromatic heterocycles. The zero-order chi connectivity index (χ0) is 17.9. The van der Waals surface area contributed by atoms with Gasteiger partial charge in [-0.2, -0.15) is 0 Å². The summed E-state index contributed by atoms with van der Waals surface area (Å²) in [5.41, 5.74) is 0.190. The number of carboxylic acid groups (broad SMARTS) is 1. The summed E-state index contributed by atoms with van der Waals surface area (Å²) in [6.07, 6.45) is 1.56. The molecule has 24 heavy (non-hydrogen) atoms. The quantitative estimate of drug-likeness (QED) is 0.739. The van der Waals surface area contributed by atoms with Crippen molar-refractivity contribution in [3.05, 3.63) is 33.8 Å². The number of nitrogens with one attached hydrogen (secondary N) is 2. The summed E-state index contributed by atoms with van der Waals surface area (Å²) in [4.78, 5) is 35.3. The predicted octanol–water partition coefficient (Wildman–Crippen LogP) is 2.48. The van der Waals surface area contributed by atoms with Crippen molar-refractivity contribution < 1.29 is 19.5 Å². The minimum absolute atomic E-state index is 0.129. The van der Waals surface area contributed by atoms with Crippen LogP contribution in [0.4, 0.5) is 0 Å². The van der Waals surface area contributed by atoms with Gasteiger partial charge in [-0.15, -0.1) is 0 Å². The van der Waals surface area contributed by atoms with Gasteiger partial charge in [0.05, 0.1) is 21.5 Å². The van der Waals surface area contributed by atoms with E-state index >= 15 is 0 Å². The van der Waals surface area contributed by atoms with E-state index in [4.69, 9.17) is 28.3 Å². The molecule has 0 heterocycles. The first-order valence-corrected chi connectivity index (χ1v) is 8.33. The molecule has 2 rings (SSSR count). The number of aliphatic carboxylic acids is 1. The fourth-order valence-corrected chi connectivity index (χ4v) is 3.07. The third-order valence-corrected chi connectivity index (χ3v) is 4.88. The van der Waals surface area contributed by atoms with Crippen LogP contribution in [-0.2, 0) is 9.59 Å². The van der Waals surface area contributed by atoms with E-state index in [0.717, 1.165) is 0 Å². The van der Waals surface area contributed by atoms with Crippen molar-refractivity contribution in [2.75, 3.05) is 0 Å². The van der Waals surface area contributed by atoms with Crippen LogP contribution in [0.5, 0.6) is 0 Å². The fourth-order valence-electron chi connectivity index (χ4n) is 2.68. The van der Waals surface area contributed by atoms with Crippen molar-refractivity contribution >= 4 is 41.0 Å². The molecule has 0 radical (unpaired) electrons. The Hall–Kier alpha value is -1.79. The van der Waals surface area contributed by atoms with Crippen LogP contribution in [0.2, 0.25) is 10.0 Å².